The van der Waals surface area contributed by atoms with Gasteiger partial charge in [-0.3, -0.25) is 4.79 Å². The lowest BCUT2D eigenvalue weighted by atomic mass is 9.76. The van der Waals surface area contributed by atoms with Crippen LogP contribution in [0.3, 0.4) is 0 Å². The second-order valence-electron chi connectivity index (χ2n) is 4.47. The first-order chi connectivity index (χ1) is 7.74. The Morgan fingerprint density at radius 2 is 2.38 bits per heavy atom. The molecule has 1 fully saturated rings. The summed E-state index contributed by atoms with van der Waals surface area (Å²) in [4.78, 5) is 11.7. The molecule has 1 aromatic heterocycles. The second kappa shape index (κ2) is 4.70. The number of nitrogens with one attached hydrogen (secondary N) is 1. The number of nitrogens with two attached hydrogens (primary N) is 1. The van der Waals surface area contributed by atoms with Crippen LogP contribution >= 0.6 is 0 Å². The van der Waals surface area contributed by atoms with Gasteiger partial charge in [0.15, 0.2) is 0 Å². The fraction of sp³-hybridized carbons (Fsp3) is 0.583. The van der Waals surface area contributed by atoms with E-state index in [0.717, 1.165) is 25.0 Å². The summed E-state index contributed by atoms with van der Waals surface area (Å²) in [5.74, 6) is 0.923. The molecular formula is C12H18N2O2. The Bertz CT molecular complexity index is 336. The van der Waals surface area contributed by atoms with Gasteiger partial charge in [0.05, 0.1) is 11.8 Å². The van der Waals surface area contributed by atoms with E-state index >= 15 is 0 Å². The molecule has 0 saturated heterocycles. The number of carbonyl (C=O) groups excluding carboxylic acids is 1. The molecule has 1 aromatic rings. The number of hydrogen-bond acceptors (Lipinski definition) is 3. The maximum atomic E-state index is 11.7. The first-order valence-electron chi connectivity index (χ1n) is 5.78. The SMILES string of the molecule is NCC1(NC(=O)CCc2ccco2)CCC1. The monoisotopic (exact) mass is 222 g/mol. The molecule has 0 bridgehead atoms. The number of amides is 1. The lowest BCUT2D eigenvalue weighted by Crippen LogP contribution is -2.58. The summed E-state index contributed by atoms with van der Waals surface area (Å²) in [5, 5.41) is 3.04. The fourth-order valence-corrected chi connectivity index (χ4v) is 2.03. The van der Waals surface area contributed by atoms with Crippen molar-refractivity contribution in [1.82, 2.24) is 5.32 Å². The average Bonchev–Trinajstić information content (AvgIpc) is 2.73. The second-order valence-corrected chi connectivity index (χ2v) is 4.47. The van der Waals surface area contributed by atoms with Gasteiger partial charge in [-0.1, -0.05) is 0 Å². The van der Waals surface area contributed by atoms with Gasteiger partial charge in [0.2, 0.25) is 5.91 Å². The molecule has 1 heterocycles. The Morgan fingerprint density at radius 3 is 2.88 bits per heavy atom. The highest BCUT2D eigenvalue weighted by molar-refractivity contribution is 5.77. The molecule has 4 heteroatoms. The topological polar surface area (TPSA) is 68.3 Å². The molecule has 2 rings (SSSR count). The van der Waals surface area contributed by atoms with Gasteiger partial charge in [-0.2, -0.15) is 0 Å². The summed E-state index contributed by atoms with van der Waals surface area (Å²) >= 11 is 0. The average molecular weight is 222 g/mol. The quantitative estimate of drug-likeness (QED) is 0.786. The largest absolute Gasteiger partial charge is 0.469 e. The fourth-order valence-electron chi connectivity index (χ4n) is 2.03. The summed E-state index contributed by atoms with van der Waals surface area (Å²) in [5.41, 5.74) is 5.56. The maximum absolute atomic E-state index is 11.7. The van der Waals surface area contributed by atoms with E-state index in [9.17, 15) is 4.79 Å². The molecule has 4 nitrogen and oxygen atoms in total. The van der Waals surface area contributed by atoms with Crippen LogP contribution in [0.2, 0.25) is 0 Å². The van der Waals surface area contributed by atoms with Crippen LogP contribution in [0, 0.1) is 0 Å². The molecule has 0 unspecified atom stereocenters. The van der Waals surface area contributed by atoms with Crippen LogP contribution in [0.25, 0.3) is 0 Å². The van der Waals surface area contributed by atoms with Crippen LogP contribution in [-0.2, 0) is 11.2 Å². The highest BCUT2D eigenvalue weighted by atomic mass is 16.3. The van der Waals surface area contributed by atoms with E-state index in [1.165, 1.54) is 0 Å². The van der Waals surface area contributed by atoms with Crippen molar-refractivity contribution in [2.75, 3.05) is 6.54 Å². The third-order valence-corrected chi connectivity index (χ3v) is 3.28. The zero-order chi connectivity index (χ0) is 11.4. The van der Waals surface area contributed by atoms with Crippen molar-refractivity contribution in [3.63, 3.8) is 0 Å². The van der Waals surface area contributed by atoms with Crippen LogP contribution in [0.1, 0.15) is 31.4 Å². The molecule has 1 saturated carbocycles. The van der Waals surface area contributed by atoms with Crippen molar-refractivity contribution in [2.45, 2.75) is 37.6 Å². The maximum Gasteiger partial charge on any atom is 0.220 e. The first-order valence-corrected chi connectivity index (χ1v) is 5.78. The molecule has 0 aliphatic heterocycles. The van der Waals surface area contributed by atoms with Crippen LogP contribution in [0.5, 0.6) is 0 Å². The standard InChI is InChI=1S/C12H18N2O2/c13-9-12(6-2-7-12)14-11(15)5-4-10-3-1-8-16-10/h1,3,8H,2,4-7,9,13H2,(H,14,15). The zero-order valence-electron chi connectivity index (χ0n) is 9.37. The lowest BCUT2D eigenvalue weighted by Gasteiger charge is -2.41. The zero-order valence-corrected chi connectivity index (χ0v) is 9.37. The first kappa shape index (κ1) is 11.2. The van der Waals surface area contributed by atoms with E-state index in [4.69, 9.17) is 10.2 Å². The minimum absolute atomic E-state index is 0.0709. The van der Waals surface area contributed by atoms with Crippen molar-refractivity contribution in [3.05, 3.63) is 24.2 Å². The van der Waals surface area contributed by atoms with Crippen LogP contribution in [0.15, 0.2) is 22.8 Å². The van der Waals surface area contributed by atoms with Crippen molar-refractivity contribution in [2.24, 2.45) is 5.73 Å². The van der Waals surface area contributed by atoms with Gasteiger partial charge in [-0.25, -0.2) is 0 Å². The van der Waals surface area contributed by atoms with Crippen molar-refractivity contribution < 1.29 is 9.21 Å². The van der Waals surface area contributed by atoms with E-state index in [1.54, 1.807) is 6.26 Å². The molecule has 0 radical (unpaired) electrons. The molecule has 1 aliphatic rings. The van der Waals surface area contributed by atoms with Crippen molar-refractivity contribution >= 4 is 5.91 Å². The Morgan fingerprint density at radius 1 is 1.56 bits per heavy atom. The minimum atomic E-state index is -0.111. The molecule has 88 valence electrons. The summed E-state index contributed by atoms with van der Waals surface area (Å²) in [6.45, 7) is 0.541. The predicted octanol–water partition coefficient (Wildman–Crippen LogP) is 1.21. The Balaban J connectivity index is 1.76. The molecule has 0 atom stereocenters. The third-order valence-electron chi connectivity index (χ3n) is 3.28. The molecule has 1 amide bonds. The number of furan rings is 1. The van der Waals surface area contributed by atoms with Crippen molar-refractivity contribution in [3.8, 4) is 0 Å². The normalized spacial score (nSPS) is 17.8. The number of rotatable bonds is 5. The van der Waals surface area contributed by atoms with Gasteiger partial charge in [0.1, 0.15) is 5.76 Å². The summed E-state index contributed by atoms with van der Waals surface area (Å²) in [6.07, 6.45) is 5.93. The van der Waals surface area contributed by atoms with E-state index in [0.29, 0.717) is 19.4 Å². The molecule has 0 aromatic carbocycles. The third kappa shape index (κ3) is 2.44. The van der Waals surface area contributed by atoms with Gasteiger partial charge in [0, 0.05) is 19.4 Å². The van der Waals surface area contributed by atoms with Crippen LogP contribution < -0.4 is 11.1 Å². The van der Waals surface area contributed by atoms with Gasteiger partial charge in [-0.15, -0.1) is 0 Å². The molecule has 3 N–H and O–H groups in total. The van der Waals surface area contributed by atoms with Gasteiger partial charge in [-0.05, 0) is 31.4 Å². The highest BCUT2D eigenvalue weighted by Gasteiger charge is 2.36. The Kier molecular flexibility index (Phi) is 3.29. The number of hydrogen-bond donors (Lipinski definition) is 2. The lowest BCUT2D eigenvalue weighted by molar-refractivity contribution is -0.124. The molecule has 0 spiro atoms. The predicted molar refractivity (Wildman–Crippen MR) is 60.8 cm³/mol. The van der Waals surface area contributed by atoms with Gasteiger partial charge < -0.3 is 15.5 Å². The van der Waals surface area contributed by atoms with Gasteiger partial charge >= 0.3 is 0 Å². The van der Waals surface area contributed by atoms with Gasteiger partial charge in [0.25, 0.3) is 0 Å². The smallest absolute Gasteiger partial charge is 0.220 e. The minimum Gasteiger partial charge on any atom is -0.469 e. The highest BCUT2D eigenvalue weighted by Crippen LogP contribution is 2.30. The Labute approximate surface area is 95.2 Å². The van der Waals surface area contributed by atoms with E-state index in [1.807, 2.05) is 12.1 Å². The van der Waals surface area contributed by atoms with Crippen LogP contribution in [-0.4, -0.2) is 18.0 Å². The van der Waals surface area contributed by atoms with Crippen LogP contribution in [0.4, 0.5) is 0 Å². The molecule has 1 aliphatic carbocycles. The van der Waals surface area contributed by atoms with Crippen molar-refractivity contribution in [1.29, 1.82) is 0 Å². The molecule has 16 heavy (non-hydrogen) atoms. The van der Waals surface area contributed by atoms with E-state index in [-0.39, 0.29) is 11.4 Å². The number of carbonyl (C=O) groups is 1. The summed E-state index contributed by atoms with van der Waals surface area (Å²) in [7, 11) is 0. The summed E-state index contributed by atoms with van der Waals surface area (Å²) < 4.78 is 5.18. The van der Waals surface area contributed by atoms with E-state index < -0.39 is 0 Å². The van der Waals surface area contributed by atoms with E-state index in [2.05, 4.69) is 5.32 Å². The molecular weight excluding hydrogens is 204 g/mol. The Hall–Kier alpha value is -1.29. The number of aryl methyl sites for hydroxylation is 1. The summed E-state index contributed by atoms with van der Waals surface area (Å²) in [6, 6.07) is 3.72.